The fourth-order valence-corrected chi connectivity index (χ4v) is 3.46. The second-order valence-corrected chi connectivity index (χ2v) is 7.15. The van der Waals surface area contributed by atoms with E-state index in [4.69, 9.17) is 34.3 Å². The van der Waals surface area contributed by atoms with Crippen molar-refractivity contribution < 1.29 is 9.53 Å². The first-order valence-corrected chi connectivity index (χ1v) is 8.90. The first kappa shape index (κ1) is 18.4. The highest BCUT2D eigenvalue weighted by Crippen LogP contribution is 2.43. The fraction of sp³-hybridized carbons (Fsp3) is 0.278. The van der Waals surface area contributed by atoms with Crippen LogP contribution in [0.4, 0.5) is 11.6 Å². The largest absolute Gasteiger partial charge is 0.460 e. The van der Waals surface area contributed by atoms with Gasteiger partial charge in [-0.2, -0.15) is 0 Å². The summed E-state index contributed by atoms with van der Waals surface area (Å²) in [5, 5.41) is 3.69. The number of ether oxygens (including phenoxy) is 1. The SMILES string of the molecule is CC1=C(C(=O)OC(C)C)C(c2cccc(Cl)c2)c2c(nc(=S)[nH]c2N)N1. The van der Waals surface area contributed by atoms with Crippen molar-refractivity contribution in [2.45, 2.75) is 32.8 Å². The standard InChI is InChI=1S/C18H19ClN4O2S/c1-8(2)25-17(24)12-9(3)21-16-14(15(20)22-18(26)23-16)13(12)10-5-4-6-11(19)7-10/h4-8,13H,1-3H3,(H4,20,21,22,23,26). The number of carbonyl (C=O) groups excluding carboxylic acids is 1. The zero-order valence-corrected chi connectivity index (χ0v) is 16.2. The lowest BCUT2D eigenvalue weighted by atomic mass is 9.82. The maximum absolute atomic E-state index is 12.8. The van der Waals surface area contributed by atoms with Crippen LogP contribution in [-0.2, 0) is 9.53 Å². The number of aromatic amines is 1. The van der Waals surface area contributed by atoms with Gasteiger partial charge in [0.25, 0.3) is 0 Å². The van der Waals surface area contributed by atoms with Crippen LogP contribution < -0.4 is 11.1 Å². The first-order valence-electron chi connectivity index (χ1n) is 8.12. The number of nitrogens with one attached hydrogen (secondary N) is 2. The summed E-state index contributed by atoms with van der Waals surface area (Å²) in [5.74, 6) is -0.0207. The molecule has 2 aromatic rings. The van der Waals surface area contributed by atoms with E-state index in [2.05, 4.69) is 15.3 Å². The summed E-state index contributed by atoms with van der Waals surface area (Å²) in [7, 11) is 0. The Hall–Kier alpha value is -2.38. The predicted molar refractivity (Wildman–Crippen MR) is 105 cm³/mol. The van der Waals surface area contributed by atoms with Gasteiger partial charge in [-0.05, 0) is 50.7 Å². The fourth-order valence-electron chi connectivity index (χ4n) is 3.06. The van der Waals surface area contributed by atoms with Crippen molar-refractivity contribution >= 4 is 41.4 Å². The molecule has 0 spiro atoms. The van der Waals surface area contributed by atoms with Gasteiger partial charge < -0.3 is 20.8 Å². The van der Waals surface area contributed by atoms with E-state index in [0.29, 0.717) is 33.5 Å². The van der Waals surface area contributed by atoms with Gasteiger partial charge in [0, 0.05) is 16.3 Å². The molecule has 0 amide bonds. The predicted octanol–water partition coefficient (Wildman–Crippen LogP) is 4.16. The van der Waals surface area contributed by atoms with Gasteiger partial charge in [-0.15, -0.1) is 0 Å². The Morgan fingerprint density at radius 3 is 2.81 bits per heavy atom. The minimum atomic E-state index is -0.476. The van der Waals surface area contributed by atoms with Crippen molar-refractivity contribution in [3.05, 3.63) is 56.5 Å². The number of anilines is 2. The van der Waals surface area contributed by atoms with Crippen LogP contribution in [0.15, 0.2) is 35.5 Å². The van der Waals surface area contributed by atoms with Crippen LogP contribution in [0.5, 0.6) is 0 Å². The number of nitrogen functional groups attached to an aromatic ring is 1. The molecule has 3 rings (SSSR count). The quantitative estimate of drug-likeness (QED) is 0.538. The lowest BCUT2D eigenvalue weighted by molar-refractivity contribution is -0.142. The van der Waals surface area contributed by atoms with Crippen molar-refractivity contribution in [3.8, 4) is 0 Å². The van der Waals surface area contributed by atoms with Gasteiger partial charge in [0.2, 0.25) is 0 Å². The van der Waals surface area contributed by atoms with Crippen LogP contribution >= 0.6 is 23.8 Å². The monoisotopic (exact) mass is 390 g/mol. The van der Waals surface area contributed by atoms with E-state index in [0.717, 1.165) is 5.56 Å². The average Bonchev–Trinajstić information content (AvgIpc) is 2.52. The number of halogens is 1. The summed E-state index contributed by atoms with van der Waals surface area (Å²) in [6.45, 7) is 5.41. The molecule has 1 aromatic carbocycles. The number of hydrogen-bond donors (Lipinski definition) is 3. The number of aromatic nitrogens is 2. The number of nitrogens with zero attached hydrogens (tertiary/aromatic N) is 1. The Morgan fingerprint density at radius 2 is 2.15 bits per heavy atom. The van der Waals surface area contributed by atoms with Crippen LogP contribution in [0.3, 0.4) is 0 Å². The summed E-state index contributed by atoms with van der Waals surface area (Å²) in [6, 6.07) is 7.30. The number of esters is 1. The van der Waals surface area contributed by atoms with Gasteiger partial charge in [0.15, 0.2) is 4.77 Å². The molecule has 6 nitrogen and oxygen atoms in total. The number of benzene rings is 1. The third-order valence-electron chi connectivity index (χ3n) is 4.03. The Kier molecular flexibility index (Phi) is 5.02. The van der Waals surface area contributed by atoms with Crippen molar-refractivity contribution in [1.82, 2.24) is 9.97 Å². The first-order chi connectivity index (χ1) is 12.3. The van der Waals surface area contributed by atoms with E-state index < -0.39 is 11.9 Å². The number of rotatable bonds is 3. The van der Waals surface area contributed by atoms with E-state index in [-0.39, 0.29) is 10.9 Å². The summed E-state index contributed by atoms with van der Waals surface area (Å²) in [4.78, 5) is 20.0. The Morgan fingerprint density at radius 1 is 1.42 bits per heavy atom. The van der Waals surface area contributed by atoms with Crippen LogP contribution in [0.1, 0.15) is 37.8 Å². The van der Waals surface area contributed by atoms with Gasteiger partial charge in [0.05, 0.1) is 17.6 Å². The van der Waals surface area contributed by atoms with Crippen LogP contribution in [0.2, 0.25) is 5.02 Å². The van der Waals surface area contributed by atoms with Crippen molar-refractivity contribution in [2.24, 2.45) is 0 Å². The molecule has 1 aliphatic rings. The number of fused-ring (bicyclic) bond motifs is 1. The number of nitrogens with two attached hydrogens (primary N) is 1. The Bertz CT molecular complexity index is 968. The molecule has 0 saturated heterocycles. The van der Waals surface area contributed by atoms with Crippen LogP contribution in [0.25, 0.3) is 0 Å². The molecule has 26 heavy (non-hydrogen) atoms. The summed E-state index contributed by atoms with van der Waals surface area (Å²) in [6.07, 6.45) is -0.249. The lowest BCUT2D eigenvalue weighted by Gasteiger charge is -2.30. The molecule has 0 bridgehead atoms. The minimum Gasteiger partial charge on any atom is -0.460 e. The molecule has 8 heteroatoms. The summed E-state index contributed by atoms with van der Waals surface area (Å²) in [5.41, 5.74) is 8.77. The van der Waals surface area contributed by atoms with Gasteiger partial charge in [0.1, 0.15) is 11.6 Å². The molecule has 136 valence electrons. The molecule has 2 heterocycles. The topological polar surface area (TPSA) is 93.0 Å². The number of hydrogen-bond acceptors (Lipinski definition) is 6. The number of H-pyrrole nitrogens is 1. The molecule has 1 aliphatic heterocycles. The number of allylic oxidation sites excluding steroid dienone is 1. The zero-order chi connectivity index (χ0) is 19.0. The maximum atomic E-state index is 12.8. The van der Waals surface area contributed by atoms with E-state index in [9.17, 15) is 4.79 Å². The number of carbonyl (C=O) groups is 1. The maximum Gasteiger partial charge on any atom is 0.337 e. The molecule has 4 N–H and O–H groups in total. The highest BCUT2D eigenvalue weighted by molar-refractivity contribution is 7.71. The molecular formula is C18H19ClN4O2S. The normalized spacial score (nSPS) is 16.3. The molecule has 0 fully saturated rings. The molecule has 0 aliphatic carbocycles. The second kappa shape index (κ2) is 7.09. The molecule has 0 radical (unpaired) electrons. The smallest absolute Gasteiger partial charge is 0.337 e. The lowest BCUT2D eigenvalue weighted by Crippen LogP contribution is -2.27. The third-order valence-corrected chi connectivity index (χ3v) is 4.46. The molecule has 1 atom stereocenters. The summed E-state index contributed by atoms with van der Waals surface area (Å²) >= 11 is 11.3. The van der Waals surface area contributed by atoms with Gasteiger partial charge in [-0.25, -0.2) is 9.78 Å². The van der Waals surface area contributed by atoms with E-state index in [1.54, 1.807) is 32.9 Å². The zero-order valence-electron chi connectivity index (χ0n) is 14.6. The van der Waals surface area contributed by atoms with Crippen LogP contribution in [0, 0.1) is 4.77 Å². The van der Waals surface area contributed by atoms with Crippen molar-refractivity contribution in [2.75, 3.05) is 11.1 Å². The highest BCUT2D eigenvalue weighted by Gasteiger charge is 2.36. The Balaban J connectivity index is 2.25. The molecule has 1 unspecified atom stereocenters. The average molecular weight is 391 g/mol. The third kappa shape index (κ3) is 3.45. The van der Waals surface area contributed by atoms with Gasteiger partial charge >= 0.3 is 5.97 Å². The van der Waals surface area contributed by atoms with Gasteiger partial charge in [-0.1, -0.05) is 23.7 Å². The minimum absolute atomic E-state index is 0.249. The Labute approximate surface area is 161 Å². The van der Waals surface area contributed by atoms with E-state index in [1.165, 1.54) is 0 Å². The molecular weight excluding hydrogens is 372 g/mol. The second-order valence-electron chi connectivity index (χ2n) is 6.32. The van der Waals surface area contributed by atoms with Crippen molar-refractivity contribution in [1.29, 1.82) is 0 Å². The van der Waals surface area contributed by atoms with E-state index in [1.807, 2.05) is 12.1 Å². The van der Waals surface area contributed by atoms with Crippen molar-refractivity contribution in [3.63, 3.8) is 0 Å². The highest BCUT2D eigenvalue weighted by atomic mass is 35.5. The molecule has 1 aromatic heterocycles. The van der Waals surface area contributed by atoms with E-state index >= 15 is 0 Å². The van der Waals surface area contributed by atoms with Gasteiger partial charge in [-0.3, -0.25) is 0 Å². The summed E-state index contributed by atoms with van der Waals surface area (Å²) < 4.78 is 5.72. The van der Waals surface area contributed by atoms with Crippen LogP contribution in [-0.4, -0.2) is 22.0 Å². The molecule has 0 saturated carbocycles.